The summed E-state index contributed by atoms with van der Waals surface area (Å²) in [6, 6.07) is 17.9. The second kappa shape index (κ2) is 14.5. The summed E-state index contributed by atoms with van der Waals surface area (Å²) in [4.78, 5) is 46.3. The molecule has 1 saturated heterocycles. The summed E-state index contributed by atoms with van der Waals surface area (Å²) in [6.45, 7) is 0.827. The number of hydrogen-bond donors (Lipinski definition) is 4. The maximum atomic E-state index is 12.4. The molecule has 0 saturated carbocycles. The summed E-state index contributed by atoms with van der Waals surface area (Å²) in [7, 11) is 1.47. The minimum Gasteiger partial charge on any atom is -0.481 e. The highest BCUT2D eigenvalue weighted by Crippen LogP contribution is 2.42. The van der Waals surface area contributed by atoms with E-state index in [2.05, 4.69) is 25.7 Å². The minimum atomic E-state index is -1.11. The molecule has 5 N–H and O–H groups in total. The fourth-order valence-electron chi connectivity index (χ4n) is 5.70. The Bertz CT molecular complexity index is 2070. The summed E-state index contributed by atoms with van der Waals surface area (Å²) >= 11 is 14.0. The summed E-state index contributed by atoms with van der Waals surface area (Å²) < 4.78 is 7.09. The molecule has 5 aromatic rings. The first-order valence-corrected chi connectivity index (χ1v) is 16.2. The molecule has 3 amide bonds. The first-order valence-electron chi connectivity index (χ1n) is 15.4. The Morgan fingerprint density at radius 3 is 2.33 bits per heavy atom. The van der Waals surface area contributed by atoms with Crippen LogP contribution in [-0.2, 0) is 11.3 Å². The summed E-state index contributed by atoms with van der Waals surface area (Å²) in [5.74, 6) is -0.174. The topological polar surface area (TPSA) is 177 Å². The second-order valence-electron chi connectivity index (χ2n) is 11.4. The van der Waals surface area contributed by atoms with Crippen LogP contribution in [-0.4, -0.2) is 80.3 Å². The number of aromatic nitrogens is 4. The van der Waals surface area contributed by atoms with Gasteiger partial charge in [-0.05, 0) is 30.7 Å². The number of carbonyl (C=O) groups excluding carboxylic acids is 2. The van der Waals surface area contributed by atoms with E-state index in [0.717, 1.165) is 0 Å². The van der Waals surface area contributed by atoms with Gasteiger partial charge in [-0.15, -0.1) is 0 Å². The Morgan fingerprint density at radius 1 is 1.02 bits per heavy atom. The van der Waals surface area contributed by atoms with E-state index >= 15 is 0 Å². The fourth-order valence-corrected chi connectivity index (χ4v) is 6.35. The van der Waals surface area contributed by atoms with E-state index in [4.69, 9.17) is 33.7 Å². The quantitative estimate of drug-likeness (QED) is 0.149. The van der Waals surface area contributed by atoms with Crippen molar-refractivity contribution in [1.29, 1.82) is 0 Å². The predicted octanol–water partition coefficient (Wildman–Crippen LogP) is 4.89. The molecule has 0 radical (unpaired) electrons. The van der Waals surface area contributed by atoms with Crippen LogP contribution in [0.3, 0.4) is 0 Å². The number of rotatable bonds is 11. The Kier molecular flexibility index (Phi) is 9.95. The van der Waals surface area contributed by atoms with E-state index < -0.39 is 6.09 Å². The van der Waals surface area contributed by atoms with E-state index in [-0.39, 0.29) is 42.5 Å². The van der Waals surface area contributed by atoms with Crippen molar-refractivity contribution in [3.63, 3.8) is 0 Å². The first kappa shape index (κ1) is 33.7. The van der Waals surface area contributed by atoms with Crippen LogP contribution in [0.2, 0.25) is 10.0 Å². The SMILES string of the molecule is COc1nc(-c2cccc(-c3cccc(-c4ccc5nc(C(=O)NCCN)cn5n4)c3Cl)c2Cl)ccc1CN(C[C@@H]1CCC(=O)N1)C(=O)O. The molecule has 1 atom stereocenters. The van der Waals surface area contributed by atoms with Crippen molar-refractivity contribution < 1.29 is 24.2 Å². The van der Waals surface area contributed by atoms with Gasteiger partial charge in [-0.1, -0.05) is 59.6 Å². The number of nitrogens with one attached hydrogen (secondary N) is 2. The zero-order valence-electron chi connectivity index (χ0n) is 26.3. The highest BCUT2D eigenvalue weighted by atomic mass is 35.5. The lowest BCUT2D eigenvalue weighted by atomic mass is 9.98. The van der Waals surface area contributed by atoms with Crippen LogP contribution in [0.15, 0.2) is 66.9 Å². The van der Waals surface area contributed by atoms with Crippen LogP contribution < -0.4 is 21.1 Å². The van der Waals surface area contributed by atoms with Gasteiger partial charge in [0.15, 0.2) is 5.65 Å². The molecule has 3 aromatic heterocycles. The van der Waals surface area contributed by atoms with Crippen molar-refractivity contribution in [3.05, 3.63) is 88.2 Å². The maximum absolute atomic E-state index is 12.4. The van der Waals surface area contributed by atoms with Crippen molar-refractivity contribution in [2.75, 3.05) is 26.7 Å². The van der Waals surface area contributed by atoms with E-state index in [1.54, 1.807) is 30.5 Å². The lowest BCUT2D eigenvalue weighted by Crippen LogP contribution is -2.41. The Balaban J connectivity index is 1.28. The molecule has 0 unspecified atom stereocenters. The number of imidazole rings is 1. The van der Waals surface area contributed by atoms with Gasteiger partial charge in [0.05, 0.1) is 41.3 Å². The molecule has 49 heavy (non-hydrogen) atoms. The zero-order chi connectivity index (χ0) is 34.7. The van der Waals surface area contributed by atoms with Gasteiger partial charge < -0.3 is 31.1 Å². The number of nitrogens with two attached hydrogens (primary N) is 1. The Labute approximate surface area is 291 Å². The van der Waals surface area contributed by atoms with Crippen LogP contribution in [0, 0.1) is 0 Å². The third-order valence-electron chi connectivity index (χ3n) is 8.11. The number of carboxylic acid groups (broad SMARTS) is 1. The summed E-state index contributed by atoms with van der Waals surface area (Å²) in [6.07, 6.45) is 1.39. The molecule has 1 aliphatic heterocycles. The Morgan fingerprint density at radius 2 is 1.69 bits per heavy atom. The smallest absolute Gasteiger partial charge is 0.407 e. The highest BCUT2D eigenvalue weighted by Gasteiger charge is 2.26. The van der Waals surface area contributed by atoms with Crippen molar-refractivity contribution in [1.82, 2.24) is 35.1 Å². The summed E-state index contributed by atoms with van der Waals surface area (Å²) in [5.41, 5.74) is 10.4. The average Bonchev–Trinajstić information content (AvgIpc) is 3.72. The van der Waals surface area contributed by atoms with Gasteiger partial charge in [-0.3, -0.25) is 9.59 Å². The number of ether oxygens (including phenoxy) is 1. The molecule has 0 spiro atoms. The zero-order valence-corrected chi connectivity index (χ0v) is 27.8. The number of halogens is 2. The molecule has 2 aromatic carbocycles. The van der Waals surface area contributed by atoms with E-state index in [1.807, 2.05) is 36.4 Å². The molecule has 0 aliphatic carbocycles. The number of methoxy groups -OCH3 is 1. The lowest BCUT2D eigenvalue weighted by molar-refractivity contribution is -0.119. The van der Waals surface area contributed by atoms with Crippen molar-refractivity contribution in [3.8, 4) is 39.5 Å². The minimum absolute atomic E-state index is 0.0238. The Hall–Kier alpha value is -5.24. The predicted molar refractivity (Wildman–Crippen MR) is 185 cm³/mol. The molecule has 0 bridgehead atoms. The van der Waals surface area contributed by atoms with E-state index in [0.29, 0.717) is 80.8 Å². The largest absolute Gasteiger partial charge is 0.481 e. The molecule has 252 valence electrons. The molecule has 13 nitrogen and oxygen atoms in total. The average molecular weight is 704 g/mol. The lowest BCUT2D eigenvalue weighted by Gasteiger charge is -2.23. The number of fused-ring (bicyclic) bond motifs is 1. The van der Waals surface area contributed by atoms with E-state index in [9.17, 15) is 19.5 Å². The van der Waals surface area contributed by atoms with Gasteiger partial charge in [0.2, 0.25) is 11.8 Å². The molecular weight excluding hydrogens is 671 g/mol. The van der Waals surface area contributed by atoms with Gasteiger partial charge in [-0.25, -0.2) is 19.3 Å². The van der Waals surface area contributed by atoms with Crippen LogP contribution in [0.25, 0.3) is 39.3 Å². The second-order valence-corrected chi connectivity index (χ2v) is 12.1. The third kappa shape index (κ3) is 7.14. The summed E-state index contributed by atoms with van der Waals surface area (Å²) in [5, 5.41) is 20.8. The van der Waals surface area contributed by atoms with Crippen molar-refractivity contribution in [2.45, 2.75) is 25.4 Å². The van der Waals surface area contributed by atoms with E-state index in [1.165, 1.54) is 16.5 Å². The van der Waals surface area contributed by atoms with Crippen LogP contribution in [0.4, 0.5) is 4.79 Å². The van der Waals surface area contributed by atoms with Gasteiger partial charge >= 0.3 is 6.09 Å². The normalized spacial score (nSPS) is 14.1. The van der Waals surface area contributed by atoms with Gasteiger partial charge in [0.25, 0.3) is 5.91 Å². The first-order chi connectivity index (χ1) is 23.7. The van der Waals surface area contributed by atoms with Gasteiger partial charge in [0, 0.05) is 59.9 Å². The monoisotopic (exact) mass is 702 g/mol. The molecule has 15 heteroatoms. The third-order valence-corrected chi connectivity index (χ3v) is 8.93. The molecular formula is C34H32Cl2N8O5. The maximum Gasteiger partial charge on any atom is 0.407 e. The standard InChI is InChI=1S/C34H32Cl2N8O5/c1-49-33-19(16-43(34(47)48)17-20-9-13-29(45)39-20)8-10-25(41-33)23-6-2-4-21(30(23)35)22-5-3-7-24(31(22)36)26-11-12-28-40-27(18-44(28)42-26)32(46)38-15-14-37/h2-8,10-12,18,20H,9,13-17,37H2,1H3,(H,38,46)(H,39,45)(H,47,48)/t20-/m0/s1. The van der Waals surface area contributed by atoms with Gasteiger partial charge in [-0.2, -0.15) is 5.10 Å². The van der Waals surface area contributed by atoms with Crippen LogP contribution in [0.1, 0.15) is 28.9 Å². The highest BCUT2D eigenvalue weighted by molar-refractivity contribution is 6.39. The van der Waals surface area contributed by atoms with Gasteiger partial charge in [0.1, 0.15) is 5.69 Å². The number of benzene rings is 2. The van der Waals surface area contributed by atoms with Crippen molar-refractivity contribution >= 4 is 46.8 Å². The molecule has 6 rings (SSSR count). The number of pyridine rings is 1. The van der Waals surface area contributed by atoms with Crippen LogP contribution >= 0.6 is 23.2 Å². The number of nitrogens with zero attached hydrogens (tertiary/aromatic N) is 5. The van der Waals surface area contributed by atoms with Crippen molar-refractivity contribution in [2.24, 2.45) is 5.73 Å². The number of amides is 3. The number of carbonyl (C=O) groups is 3. The molecule has 1 fully saturated rings. The van der Waals surface area contributed by atoms with Crippen LogP contribution in [0.5, 0.6) is 5.88 Å². The molecule has 1 aliphatic rings. The molecule has 4 heterocycles. The number of hydrogen-bond acceptors (Lipinski definition) is 8. The fraction of sp³-hybridized carbons (Fsp3) is 0.235.